The quantitative estimate of drug-likeness (QED) is 0.0989. The molecule has 4 saturated heterocycles. The summed E-state index contributed by atoms with van der Waals surface area (Å²) in [4.78, 5) is 11.4. The third-order valence-electron chi connectivity index (χ3n) is 8.95. The van der Waals surface area contributed by atoms with Gasteiger partial charge in [-0.1, -0.05) is 6.92 Å². The van der Waals surface area contributed by atoms with Crippen molar-refractivity contribution in [2.45, 2.75) is 131 Å². The first-order valence-electron chi connectivity index (χ1n) is 15.8. The Balaban J connectivity index is 0.000000274. The number of hydrogen-bond acceptors (Lipinski definition) is 21. The lowest BCUT2D eigenvalue weighted by Crippen LogP contribution is -2.67. The molecule has 9 unspecified atom stereocenters. The molecule has 0 radical (unpaired) electrons. The summed E-state index contributed by atoms with van der Waals surface area (Å²) in [5.41, 5.74) is 0. The zero-order chi connectivity index (χ0) is 37.6. The van der Waals surface area contributed by atoms with Gasteiger partial charge in [0.15, 0.2) is 25.2 Å². The molecule has 0 aliphatic carbocycles. The molecule has 0 aromatic rings. The number of carbonyl (C=O) groups excluding carboxylic acids is 1. The summed E-state index contributed by atoms with van der Waals surface area (Å²) in [5.74, 6) is -1.16. The molecule has 0 saturated carbocycles. The molecule has 0 bridgehead atoms. The van der Waals surface area contributed by atoms with E-state index < -0.39 is 155 Å². The molecule has 0 aromatic carbocycles. The van der Waals surface area contributed by atoms with Crippen molar-refractivity contribution in [2.24, 2.45) is 5.92 Å². The predicted molar refractivity (Wildman–Crippen MR) is 157 cm³/mol. The van der Waals surface area contributed by atoms with Crippen molar-refractivity contribution in [3.8, 4) is 0 Å². The average molecular weight is 738 g/mol. The fraction of sp³-hybridized carbons (Fsp3) is 0.964. The van der Waals surface area contributed by atoms with Gasteiger partial charge in [-0.2, -0.15) is 0 Å². The third kappa shape index (κ3) is 9.61. The Morgan fingerprint density at radius 2 is 1.02 bits per heavy atom. The Morgan fingerprint density at radius 1 is 0.560 bits per heavy atom. The summed E-state index contributed by atoms with van der Waals surface area (Å²) in [6, 6.07) is -1.05. The molecule has 20 atom stereocenters. The lowest BCUT2D eigenvalue weighted by atomic mass is 9.90. The zero-order valence-corrected chi connectivity index (χ0v) is 27.5. The Kier molecular flexibility index (Phi) is 16.5. The number of amides is 1. The molecule has 0 spiro atoms. The van der Waals surface area contributed by atoms with Gasteiger partial charge in [0.25, 0.3) is 0 Å². The normalized spacial score (nSPS) is 48.3. The Bertz CT molecular complexity index is 1030. The molecule has 4 aliphatic rings. The molecular formula is C28H51NO21. The number of ether oxygens (including phenoxy) is 7. The van der Waals surface area contributed by atoms with E-state index in [0.29, 0.717) is 0 Å². The molecular weight excluding hydrogens is 686 g/mol. The van der Waals surface area contributed by atoms with E-state index in [9.17, 15) is 71.2 Å². The van der Waals surface area contributed by atoms with Gasteiger partial charge in [0.05, 0.1) is 32.5 Å². The summed E-state index contributed by atoms with van der Waals surface area (Å²) in [6.07, 6.45) is -24.7. The van der Waals surface area contributed by atoms with Gasteiger partial charge in [0.1, 0.15) is 85.4 Å². The van der Waals surface area contributed by atoms with Gasteiger partial charge >= 0.3 is 0 Å². The minimum absolute atomic E-state index is 0.473. The molecule has 22 nitrogen and oxygen atoms in total. The highest BCUT2D eigenvalue weighted by atomic mass is 16.7. The number of rotatable bonds is 10. The molecule has 4 rings (SSSR count). The highest BCUT2D eigenvalue weighted by molar-refractivity contribution is 5.73. The average Bonchev–Trinajstić information content (AvgIpc) is 3.10. The maximum absolute atomic E-state index is 11.4. The third-order valence-corrected chi connectivity index (χ3v) is 8.95. The Morgan fingerprint density at radius 3 is 1.52 bits per heavy atom. The first-order chi connectivity index (χ1) is 23.6. The number of methoxy groups -OCH3 is 1. The second-order valence-corrected chi connectivity index (χ2v) is 12.4. The van der Waals surface area contributed by atoms with E-state index in [2.05, 4.69) is 5.32 Å². The van der Waals surface area contributed by atoms with Crippen LogP contribution in [0.25, 0.3) is 0 Å². The van der Waals surface area contributed by atoms with Crippen LogP contribution in [0.1, 0.15) is 13.8 Å². The van der Waals surface area contributed by atoms with E-state index >= 15 is 0 Å². The van der Waals surface area contributed by atoms with Crippen LogP contribution in [-0.2, 0) is 38.0 Å². The minimum Gasteiger partial charge on any atom is -0.394 e. The van der Waals surface area contributed by atoms with E-state index in [1.54, 1.807) is 0 Å². The number of aliphatic hydroxyl groups excluding tert-OH is 13. The lowest BCUT2D eigenvalue weighted by Gasteiger charge is -2.46. The molecule has 1 amide bonds. The molecule has 4 aliphatic heterocycles. The van der Waals surface area contributed by atoms with Crippen LogP contribution in [0, 0.1) is 5.92 Å². The van der Waals surface area contributed by atoms with Gasteiger partial charge in [-0.3, -0.25) is 4.79 Å². The lowest BCUT2D eigenvalue weighted by molar-refractivity contribution is -0.350. The van der Waals surface area contributed by atoms with Crippen LogP contribution in [-0.4, -0.2) is 222 Å². The monoisotopic (exact) mass is 737 g/mol. The van der Waals surface area contributed by atoms with Crippen molar-refractivity contribution in [2.75, 3.05) is 33.5 Å². The maximum atomic E-state index is 11.4. The molecule has 294 valence electrons. The van der Waals surface area contributed by atoms with Crippen molar-refractivity contribution in [3.63, 3.8) is 0 Å². The molecule has 50 heavy (non-hydrogen) atoms. The van der Waals surface area contributed by atoms with Crippen LogP contribution in [0.15, 0.2) is 0 Å². The Hall–Kier alpha value is -1.33. The van der Waals surface area contributed by atoms with E-state index in [1.807, 2.05) is 0 Å². The summed E-state index contributed by atoms with van der Waals surface area (Å²) in [6.45, 7) is 0.393. The van der Waals surface area contributed by atoms with Crippen molar-refractivity contribution in [1.82, 2.24) is 5.32 Å². The topological polar surface area (TPSA) is 357 Å². The Labute approximate surface area is 285 Å². The van der Waals surface area contributed by atoms with Crippen molar-refractivity contribution < 1.29 is 104 Å². The highest BCUT2D eigenvalue weighted by Crippen LogP contribution is 2.32. The van der Waals surface area contributed by atoms with Crippen molar-refractivity contribution in [1.29, 1.82) is 0 Å². The molecule has 4 fully saturated rings. The van der Waals surface area contributed by atoms with Crippen molar-refractivity contribution >= 4 is 5.91 Å². The van der Waals surface area contributed by atoms with E-state index in [1.165, 1.54) is 21.0 Å². The molecule has 4 heterocycles. The van der Waals surface area contributed by atoms with Gasteiger partial charge in [-0.25, -0.2) is 0 Å². The maximum Gasteiger partial charge on any atom is 0.217 e. The largest absolute Gasteiger partial charge is 0.394 e. The molecule has 14 N–H and O–H groups in total. The van der Waals surface area contributed by atoms with E-state index in [4.69, 9.17) is 33.2 Å². The standard InChI is InChI=1S/C15H27NO11.C13H24O10/c1-5(19)16-8-10(21)13(7(4-18)26-14(8)24-2)27-15-12(23)11(22)9(20)6(3-17)25-15;1-4-7(16)5(2-14)22-13(8(4)17)23-11-6(3-15)21-12(20)10(19)9(11)18/h6-15,17-18,20-23H,3-4H2,1-2H3,(H,16,19);4-20H,2-3H2,1H3/t6?,7?,8?,9-,10+,11-,12?,13+,14+,15-;4-,5?,6?,7+,8?,9+,10?,11+,12?,13-/m00/s1. The second-order valence-electron chi connectivity index (χ2n) is 12.4. The van der Waals surface area contributed by atoms with Gasteiger partial charge in [-0.15, -0.1) is 0 Å². The van der Waals surface area contributed by atoms with Crippen molar-refractivity contribution in [3.05, 3.63) is 0 Å². The van der Waals surface area contributed by atoms with Crippen LogP contribution >= 0.6 is 0 Å². The summed E-state index contributed by atoms with van der Waals surface area (Å²) < 4.78 is 37.0. The van der Waals surface area contributed by atoms with Gasteiger partial charge in [-0.05, 0) is 0 Å². The van der Waals surface area contributed by atoms with Gasteiger partial charge < -0.3 is 105 Å². The number of nitrogens with one attached hydrogen (secondary N) is 1. The van der Waals surface area contributed by atoms with Crippen LogP contribution in [0.4, 0.5) is 0 Å². The van der Waals surface area contributed by atoms with E-state index in [-0.39, 0.29) is 0 Å². The number of aliphatic hydroxyl groups is 13. The number of carbonyl (C=O) groups is 1. The molecule has 22 heteroatoms. The minimum atomic E-state index is -1.70. The van der Waals surface area contributed by atoms with Crippen LogP contribution < -0.4 is 5.32 Å². The molecule has 0 aromatic heterocycles. The fourth-order valence-electron chi connectivity index (χ4n) is 5.93. The summed E-state index contributed by atoms with van der Waals surface area (Å²) >= 11 is 0. The SMILES string of the molecule is CO[C@@H]1OC(CO)[C@@H](O[C@@H]2OC(CO)[C@H](O)[C@H](O)C2O)[C@H](O)C1NC(C)=O.C[C@@H]1C(O)[C@H](O[C@@H]2C(CO)OC(O)C(O)[C@H]2O)OC(CO)[C@@H]1O. The van der Waals surface area contributed by atoms with E-state index in [0.717, 1.165) is 0 Å². The summed E-state index contributed by atoms with van der Waals surface area (Å²) in [5, 5.41) is 129. The van der Waals surface area contributed by atoms with Crippen LogP contribution in [0.3, 0.4) is 0 Å². The second kappa shape index (κ2) is 19.1. The fourth-order valence-corrected chi connectivity index (χ4v) is 5.93. The first-order valence-corrected chi connectivity index (χ1v) is 15.8. The smallest absolute Gasteiger partial charge is 0.217 e. The first kappa shape index (κ1) is 43.1. The predicted octanol–water partition coefficient (Wildman–Crippen LogP) is -8.72. The van der Waals surface area contributed by atoms with Gasteiger partial charge in [0.2, 0.25) is 5.91 Å². The van der Waals surface area contributed by atoms with Crippen LogP contribution in [0.5, 0.6) is 0 Å². The zero-order valence-electron chi connectivity index (χ0n) is 27.5. The highest BCUT2D eigenvalue weighted by Gasteiger charge is 2.52. The number of hydrogen-bond donors (Lipinski definition) is 14. The summed E-state index contributed by atoms with van der Waals surface area (Å²) in [7, 11) is 1.29. The van der Waals surface area contributed by atoms with Crippen LogP contribution in [0.2, 0.25) is 0 Å². The van der Waals surface area contributed by atoms with Gasteiger partial charge in [0, 0.05) is 20.0 Å².